The minimum Gasteiger partial charge on any atom is -0.313 e. The lowest BCUT2D eigenvalue weighted by atomic mass is 9.93. The minimum absolute atomic E-state index is 0.758. The average Bonchev–Trinajstić information content (AvgIpc) is 2.92. The lowest BCUT2D eigenvalue weighted by Crippen LogP contribution is -2.47. The molecule has 1 saturated carbocycles. The van der Waals surface area contributed by atoms with Crippen LogP contribution >= 0.6 is 0 Å². The third kappa shape index (κ3) is 3.96. The van der Waals surface area contributed by atoms with Gasteiger partial charge in [-0.3, -0.25) is 0 Å². The van der Waals surface area contributed by atoms with E-state index in [0.29, 0.717) is 0 Å². The van der Waals surface area contributed by atoms with Gasteiger partial charge in [0.2, 0.25) is 0 Å². The number of piperidine rings is 1. The van der Waals surface area contributed by atoms with Gasteiger partial charge in [0.15, 0.2) is 0 Å². The maximum atomic E-state index is 3.76. The Morgan fingerprint density at radius 3 is 2.56 bits per heavy atom. The molecule has 2 unspecified atom stereocenters. The molecule has 0 spiro atoms. The third-order valence-corrected chi connectivity index (χ3v) is 5.07. The van der Waals surface area contributed by atoms with Gasteiger partial charge in [-0.15, -0.1) is 0 Å². The van der Waals surface area contributed by atoms with Crippen LogP contribution in [0.5, 0.6) is 0 Å². The fourth-order valence-corrected chi connectivity index (χ4v) is 3.93. The van der Waals surface area contributed by atoms with Crippen LogP contribution in [0.2, 0.25) is 0 Å². The zero-order chi connectivity index (χ0) is 12.8. The van der Waals surface area contributed by atoms with Gasteiger partial charge in [-0.1, -0.05) is 33.1 Å². The zero-order valence-corrected chi connectivity index (χ0v) is 12.5. The summed E-state index contributed by atoms with van der Waals surface area (Å²) in [7, 11) is 0. The monoisotopic (exact) mass is 252 g/mol. The van der Waals surface area contributed by atoms with Crippen LogP contribution in [-0.4, -0.2) is 37.1 Å². The van der Waals surface area contributed by atoms with Crippen molar-refractivity contribution in [3.63, 3.8) is 0 Å². The van der Waals surface area contributed by atoms with E-state index in [-0.39, 0.29) is 0 Å². The number of nitrogens with zero attached hydrogens (tertiary/aromatic N) is 1. The van der Waals surface area contributed by atoms with Crippen LogP contribution in [0.3, 0.4) is 0 Å². The largest absolute Gasteiger partial charge is 0.313 e. The van der Waals surface area contributed by atoms with Crippen LogP contribution in [0.1, 0.15) is 58.8 Å². The van der Waals surface area contributed by atoms with E-state index < -0.39 is 0 Å². The summed E-state index contributed by atoms with van der Waals surface area (Å²) >= 11 is 0. The van der Waals surface area contributed by atoms with Crippen LogP contribution in [0.25, 0.3) is 0 Å². The fraction of sp³-hybridized carbons (Fsp3) is 1.00. The van der Waals surface area contributed by atoms with Crippen molar-refractivity contribution in [3.05, 3.63) is 0 Å². The average molecular weight is 252 g/mol. The number of likely N-dealkylation sites (tertiary alicyclic amines) is 1. The Balaban J connectivity index is 1.83. The van der Waals surface area contributed by atoms with Crippen LogP contribution < -0.4 is 5.32 Å². The Bertz CT molecular complexity index is 223. The predicted molar refractivity (Wildman–Crippen MR) is 78.9 cm³/mol. The molecule has 0 aromatic carbocycles. The van der Waals surface area contributed by atoms with E-state index >= 15 is 0 Å². The number of hydrogen-bond acceptors (Lipinski definition) is 2. The Morgan fingerprint density at radius 1 is 1.11 bits per heavy atom. The summed E-state index contributed by atoms with van der Waals surface area (Å²) in [6, 6.07) is 0.758. The van der Waals surface area contributed by atoms with Crippen LogP contribution in [0.4, 0.5) is 0 Å². The van der Waals surface area contributed by atoms with Crippen LogP contribution in [0, 0.1) is 11.8 Å². The smallest absolute Gasteiger partial charge is 0.0223 e. The Morgan fingerprint density at radius 2 is 1.89 bits per heavy atom. The summed E-state index contributed by atoms with van der Waals surface area (Å²) in [6.07, 6.45) is 10.1. The minimum atomic E-state index is 0.758. The summed E-state index contributed by atoms with van der Waals surface area (Å²) < 4.78 is 0. The molecule has 0 aromatic rings. The number of likely N-dealkylation sites (N-methyl/N-ethyl adjacent to an activating group) is 1. The first kappa shape index (κ1) is 14.3. The molecular weight excluding hydrogens is 220 g/mol. The molecule has 2 aliphatic rings. The summed E-state index contributed by atoms with van der Waals surface area (Å²) in [5.74, 6) is 1.91. The highest BCUT2D eigenvalue weighted by molar-refractivity contribution is 4.84. The molecule has 2 fully saturated rings. The molecular formula is C16H32N2. The van der Waals surface area contributed by atoms with E-state index in [0.717, 1.165) is 24.4 Å². The zero-order valence-electron chi connectivity index (χ0n) is 12.5. The third-order valence-electron chi connectivity index (χ3n) is 5.07. The van der Waals surface area contributed by atoms with E-state index in [4.69, 9.17) is 0 Å². The quantitative estimate of drug-likeness (QED) is 0.780. The van der Waals surface area contributed by atoms with E-state index in [2.05, 4.69) is 24.1 Å². The lowest BCUT2D eigenvalue weighted by molar-refractivity contribution is 0.142. The van der Waals surface area contributed by atoms with Crippen molar-refractivity contribution in [3.8, 4) is 0 Å². The van der Waals surface area contributed by atoms with Gasteiger partial charge < -0.3 is 10.2 Å². The molecule has 1 N–H and O–H groups in total. The molecule has 1 heterocycles. The maximum absolute atomic E-state index is 3.76. The Kier molecular flexibility index (Phi) is 5.97. The second-order valence-corrected chi connectivity index (χ2v) is 6.38. The summed E-state index contributed by atoms with van der Waals surface area (Å²) in [5, 5.41) is 3.76. The number of rotatable bonds is 6. The predicted octanol–water partition coefficient (Wildman–Crippen LogP) is 3.28. The second-order valence-electron chi connectivity index (χ2n) is 6.38. The van der Waals surface area contributed by atoms with Gasteiger partial charge in [0.05, 0.1) is 0 Å². The van der Waals surface area contributed by atoms with Crippen LogP contribution in [0.15, 0.2) is 0 Å². The van der Waals surface area contributed by atoms with Gasteiger partial charge >= 0.3 is 0 Å². The van der Waals surface area contributed by atoms with Crippen molar-refractivity contribution < 1.29 is 0 Å². The molecule has 106 valence electrons. The van der Waals surface area contributed by atoms with E-state index in [9.17, 15) is 0 Å². The molecule has 2 nitrogen and oxygen atoms in total. The second kappa shape index (κ2) is 7.49. The molecule has 0 aromatic heterocycles. The molecule has 2 heteroatoms. The molecule has 1 aliphatic carbocycles. The van der Waals surface area contributed by atoms with Crippen molar-refractivity contribution in [2.45, 2.75) is 64.8 Å². The molecule has 0 bridgehead atoms. The van der Waals surface area contributed by atoms with E-state index in [1.165, 1.54) is 64.6 Å². The van der Waals surface area contributed by atoms with Crippen molar-refractivity contribution >= 4 is 0 Å². The molecule has 0 amide bonds. The topological polar surface area (TPSA) is 15.3 Å². The SMILES string of the molecule is CCNC(CN1CCCC(CC)C1)C1CCCC1. The number of nitrogens with one attached hydrogen (secondary N) is 1. The Labute approximate surface area is 114 Å². The van der Waals surface area contributed by atoms with Crippen molar-refractivity contribution in [1.29, 1.82) is 0 Å². The Hall–Kier alpha value is -0.0800. The van der Waals surface area contributed by atoms with Gasteiger partial charge in [0.25, 0.3) is 0 Å². The van der Waals surface area contributed by atoms with Crippen molar-refractivity contribution in [2.24, 2.45) is 11.8 Å². The molecule has 1 aliphatic heterocycles. The van der Waals surface area contributed by atoms with E-state index in [1.54, 1.807) is 0 Å². The highest BCUT2D eigenvalue weighted by Crippen LogP contribution is 2.29. The molecule has 2 atom stereocenters. The maximum Gasteiger partial charge on any atom is 0.0223 e. The van der Waals surface area contributed by atoms with Gasteiger partial charge in [-0.05, 0) is 50.6 Å². The lowest BCUT2D eigenvalue weighted by Gasteiger charge is -2.36. The summed E-state index contributed by atoms with van der Waals surface area (Å²) in [4.78, 5) is 2.74. The normalized spacial score (nSPS) is 28.7. The highest BCUT2D eigenvalue weighted by Gasteiger charge is 2.27. The molecule has 18 heavy (non-hydrogen) atoms. The van der Waals surface area contributed by atoms with Crippen molar-refractivity contribution in [1.82, 2.24) is 10.2 Å². The van der Waals surface area contributed by atoms with E-state index in [1.807, 2.05) is 0 Å². The fourth-order valence-electron chi connectivity index (χ4n) is 3.93. The first-order chi connectivity index (χ1) is 8.83. The van der Waals surface area contributed by atoms with Gasteiger partial charge in [0, 0.05) is 19.1 Å². The van der Waals surface area contributed by atoms with Crippen molar-refractivity contribution in [2.75, 3.05) is 26.2 Å². The van der Waals surface area contributed by atoms with Gasteiger partial charge in [-0.2, -0.15) is 0 Å². The first-order valence-electron chi connectivity index (χ1n) is 8.29. The first-order valence-corrected chi connectivity index (χ1v) is 8.29. The molecule has 0 radical (unpaired) electrons. The summed E-state index contributed by atoms with van der Waals surface area (Å²) in [6.45, 7) is 9.73. The highest BCUT2D eigenvalue weighted by atomic mass is 15.2. The number of hydrogen-bond donors (Lipinski definition) is 1. The molecule has 2 rings (SSSR count). The molecule has 1 saturated heterocycles. The van der Waals surface area contributed by atoms with Crippen LogP contribution in [-0.2, 0) is 0 Å². The standard InChI is InChI=1S/C16H32N2/c1-3-14-8-7-11-18(12-14)13-16(17-4-2)15-9-5-6-10-15/h14-17H,3-13H2,1-2H3. The summed E-state index contributed by atoms with van der Waals surface area (Å²) in [5.41, 5.74) is 0. The van der Waals surface area contributed by atoms with Gasteiger partial charge in [0.1, 0.15) is 0 Å². The van der Waals surface area contributed by atoms with Gasteiger partial charge in [-0.25, -0.2) is 0 Å².